The maximum Gasteiger partial charge on any atom is 0.0624 e. The molecule has 0 saturated heterocycles. The average molecular weight is 232 g/mol. The van der Waals surface area contributed by atoms with E-state index in [9.17, 15) is 0 Å². The summed E-state index contributed by atoms with van der Waals surface area (Å²) >= 11 is 12.0. The zero-order valence-electron chi connectivity index (χ0n) is 8.56. The number of benzene rings is 1. The van der Waals surface area contributed by atoms with Crippen molar-refractivity contribution in [3.63, 3.8) is 0 Å². The van der Waals surface area contributed by atoms with Gasteiger partial charge in [-0.1, -0.05) is 42.3 Å². The Hall–Kier alpha value is -0.240. The quantitative estimate of drug-likeness (QED) is 0.768. The van der Waals surface area contributed by atoms with Crippen LogP contribution in [0.5, 0.6) is 0 Å². The van der Waals surface area contributed by atoms with Crippen LogP contribution in [0.15, 0.2) is 18.2 Å². The van der Waals surface area contributed by atoms with Gasteiger partial charge in [0.1, 0.15) is 0 Å². The minimum atomic E-state index is 0.642. The topological polar surface area (TPSA) is 3.24 Å². The van der Waals surface area contributed by atoms with E-state index < -0.39 is 0 Å². The maximum atomic E-state index is 6.07. The minimum Gasteiger partial charge on any atom is -0.306 e. The summed E-state index contributed by atoms with van der Waals surface area (Å²) in [7, 11) is 2.10. The Morgan fingerprint density at radius 2 is 2.00 bits per heavy atom. The van der Waals surface area contributed by atoms with E-state index in [2.05, 4.69) is 18.9 Å². The first kappa shape index (κ1) is 11.8. The van der Waals surface area contributed by atoms with Gasteiger partial charge in [-0.25, -0.2) is 0 Å². The fourth-order valence-electron chi connectivity index (χ4n) is 1.21. The highest BCUT2D eigenvalue weighted by molar-refractivity contribution is 6.42. The molecule has 78 valence electrons. The van der Waals surface area contributed by atoms with Crippen LogP contribution in [0.25, 0.3) is 0 Å². The molecule has 0 radical (unpaired) electrons. The van der Waals surface area contributed by atoms with Crippen molar-refractivity contribution in [3.05, 3.63) is 33.8 Å². The van der Waals surface area contributed by atoms with Crippen LogP contribution in [-0.4, -0.2) is 25.0 Å². The van der Waals surface area contributed by atoms with Crippen molar-refractivity contribution in [3.8, 4) is 0 Å². The van der Waals surface area contributed by atoms with Gasteiger partial charge in [-0.2, -0.15) is 0 Å². The Balaban J connectivity index is 2.63. The van der Waals surface area contributed by atoms with E-state index in [-0.39, 0.29) is 0 Å². The van der Waals surface area contributed by atoms with Crippen LogP contribution in [-0.2, 0) is 6.42 Å². The van der Waals surface area contributed by atoms with E-state index >= 15 is 0 Å². The van der Waals surface area contributed by atoms with Crippen molar-refractivity contribution in [2.45, 2.75) is 13.3 Å². The van der Waals surface area contributed by atoms with Crippen LogP contribution in [0.3, 0.4) is 0 Å². The molecular weight excluding hydrogens is 217 g/mol. The Morgan fingerprint density at radius 1 is 1.29 bits per heavy atom. The molecule has 0 spiro atoms. The number of hydrogen-bond acceptors (Lipinski definition) is 1. The van der Waals surface area contributed by atoms with Crippen molar-refractivity contribution in [1.29, 1.82) is 0 Å². The highest BCUT2D eigenvalue weighted by atomic mass is 35.5. The molecule has 0 unspecified atom stereocenters. The summed E-state index contributed by atoms with van der Waals surface area (Å²) in [4.78, 5) is 2.25. The lowest BCUT2D eigenvalue weighted by Crippen LogP contribution is -2.20. The molecule has 14 heavy (non-hydrogen) atoms. The molecule has 1 rings (SSSR count). The van der Waals surface area contributed by atoms with E-state index in [4.69, 9.17) is 23.2 Å². The molecule has 0 aromatic heterocycles. The van der Waals surface area contributed by atoms with Gasteiger partial charge in [0.15, 0.2) is 0 Å². The van der Waals surface area contributed by atoms with Crippen LogP contribution in [0.4, 0.5) is 0 Å². The summed E-state index contributed by atoms with van der Waals surface area (Å²) in [6.45, 7) is 4.20. The third-order valence-corrected chi connectivity index (χ3v) is 3.19. The molecule has 0 N–H and O–H groups in total. The van der Waals surface area contributed by atoms with Gasteiger partial charge in [0.25, 0.3) is 0 Å². The molecule has 0 aliphatic heterocycles. The highest BCUT2D eigenvalue weighted by Gasteiger charge is 2.04. The van der Waals surface area contributed by atoms with Gasteiger partial charge in [0.2, 0.25) is 0 Å². The summed E-state index contributed by atoms with van der Waals surface area (Å²) < 4.78 is 0. The first-order valence-electron chi connectivity index (χ1n) is 4.76. The summed E-state index contributed by atoms with van der Waals surface area (Å²) in [5.41, 5.74) is 1.12. The zero-order chi connectivity index (χ0) is 10.6. The van der Waals surface area contributed by atoms with Crippen LogP contribution >= 0.6 is 23.2 Å². The molecule has 0 heterocycles. The predicted octanol–water partition coefficient (Wildman–Crippen LogP) is 3.49. The van der Waals surface area contributed by atoms with E-state index in [1.807, 2.05) is 18.2 Å². The van der Waals surface area contributed by atoms with Crippen molar-refractivity contribution >= 4 is 23.2 Å². The van der Waals surface area contributed by atoms with Crippen LogP contribution in [0, 0.1) is 0 Å². The zero-order valence-corrected chi connectivity index (χ0v) is 10.1. The summed E-state index contributed by atoms with van der Waals surface area (Å²) in [5, 5.41) is 1.34. The highest BCUT2D eigenvalue weighted by Crippen LogP contribution is 2.25. The van der Waals surface area contributed by atoms with Gasteiger partial charge in [0.05, 0.1) is 10.0 Å². The Morgan fingerprint density at radius 3 is 2.64 bits per heavy atom. The van der Waals surface area contributed by atoms with Gasteiger partial charge >= 0.3 is 0 Å². The summed E-state index contributed by atoms with van der Waals surface area (Å²) in [6, 6.07) is 5.78. The Kier molecular flexibility index (Phi) is 4.73. The Labute approximate surface area is 95.6 Å². The lowest BCUT2D eigenvalue weighted by Gasteiger charge is -2.14. The van der Waals surface area contributed by atoms with Crippen molar-refractivity contribution in [1.82, 2.24) is 4.90 Å². The van der Waals surface area contributed by atoms with E-state index in [0.29, 0.717) is 10.0 Å². The molecular formula is C11H15Cl2N. The van der Waals surface area contributed by atoms with Gasteiger partial charge in [-0.15, -0.1) is 0 Å². The second kappa shape index (κ2) is 5.59. The number of rotatable bonds is 4. The fourth-order valence-corrected chi connectivity index (χ4v) is 1.63. The summed E-state index contributed by atoms with van der Waals surface area (Å²) in [5.74, 6) is 0. The second-order valence-electron chi connectivity index (χ2n) is 3.36. The molecule has 1 aromatic carbocycles. The minimum absolute atomic E-state index is 0.642. The monoisotopic (exact) mass is 231 g/mol. The van der Waals surface area contributed by atoms with Crippen molar-refractivity contribution < 1.29 is 0 Å². The van der Waals surface area contributed by atoms with Gasteiger partial charge in [0, 0.05) is 6.54 Å². The number of halogens is 2. The molecule has 0 aliphatic rings. The van der Waals surface area contributed by atoms with Gasteiger partial charge in [-0.05, 0) is 31.6 Å². The molecule has 0 fully saturated rings. The molecule has 0 bridgehead atoms. The molecule has 1 nitrogen and oxygen atoms in total. The fraction of sp³-hybridized carbons (Fsp3) is 0.455. The maximum absolute atomic E-state index is 6.07. The molecule has 0 atom stereocenters. The molecule has 1 aromatic rings. The third kappa shape index (κ3) is 3.16. The number of hydrogen-bond donors (Lipinski definition) is 0. The predicted molar refractivity (Wildman–Crippen MR) is 63.3 cm³/mol. The molecule has 0 amide bonds. The van der Waals surface area contributed by atoms with E-state index in [1.54, 1.807) is 0 Å². The third-order valence-electron chi connectivity index (χ3n) is 2.33. The lowest BCUT2D eigenvalue weighted by atomic mass is 10.1. The van der Waals surface area contributed by atoms with Crippen LogP contribution in [0.2, 0.25) is 10.0 Å². The van der Waals surface area contributed by atoms with Crippen LogP contribution in [0.1, 0.15) is 12.5 Å². The van der Waals surface area contributed by atoms with Gasteiger partial charge < -0.3 is 4.90 Å². The van der Waals surface area contributed by atoms with Crippen molar-refractivity contribution in [2.75, 3.05) is 20.1 Å². The lowest BCUT2D eigenvalue weighted by molar-refractivity contribution is 0.357. The van der Waals surface area contributed by atoms with Gasteiger partial charge in [-0.3, -0.25) is 0 Å². The van der Waals surface area contributed by atoms with E-state index in [1.165, 1.54) is 0 Å². The largest absolute Gasteiger partial charge is 0.306 e. The molecule has 3 heteroatoms. The normalized spacial score (nSPS) is 10.9. The van der Waals surface area contributed by atoms with Crippen LogP contribution < -0.4 is 0 Å². The first-order valence-corrected chi connectivity index (χ1v) is 5.52. The average Bonchev–Trinajstić information content (AvgIpc) is 2.20. The first-order chi connectivity index (χ1) is 6.65. The Bertz CT molecular complexity index is 299. The molecule has 0 saturated carbocycles. The summed E-state index contributed by atoms with van der Waals surface area (Å²) in [6.07, 6.45) is 0.948. The number of likely N-dealkylation sites (N-methyl/N-ethyl adjacent to an activating group) is 1. The van der Waals surface area contributed by atoms with Crippen molar-refractivity contribution in [2.24, 2.45) is 0 Å². The second-order valence-corrected chi connectivity index (χ2v) is 4.14. The SMILES string of the molecule is CCN(C)CCc1cccc(Cl)c1Cl. The standard InChI is InChI=1S/C11H15Cl2N/c1-3-14(2)8-7-9-5-4-6-10(12)11(9)13/h4-6H,3,7-8H2,1-2H3. The smallest absolute Gasteiger partial charge is 0.0624 e. The molecule has 0 aliphatic carbocycles. The number of nitrogens with zero attached hydrogens (tertiary/aromatic N) is 1. The van der Waals surface area contributed by atoms with E-state index in [0.717, 1.165) is 25.1 Å².